The SMILES string of the molecule is CCNC(=NCC(C)(C)OC)NCCOCc1ccc(Cl)cc1. The van der Waals surface area contributed by atoms with Gasteiger partial charge >= 0.3 is 0 Å². The van der Waals surface area contributed by atoms with Crippen LogP contribution in [0.15, 0.2) is 29.3 Å². The smallest absolute Gasteiger partial charge is 0.191 e. The summed E-state index contributed by atoms with van der Waals surface area (Å²) in [6, 6.07) is 7.67. The summed E-state index contributed by atoms with van der Waals surface area (Å²) in [6.07, 6.45) is 0. The molecule has 1 rings (SSSR count). The highest BCUT2D eigenvalue weighted by molar-refractivity contribution is 6.30. The number of nitrogens with zero attached hydrogens (tertiary/aromatic N) is 1. The van der Waals surface area contributed by atoms with Crippen molar-refractivity contribution in [3.8, 4) is 0 Å². The summed E-state index contributed by atoms with van der Waals surface area (Å²) in [5.41, 5.74) is 0.838. The van der Waals surface area contributed by atoms with Crippen LogP contribution < -0.4 is 10.6 Å². The standard InChI is InChI=1S/C17H28ClN3O2/c1-5-19-16(21-13-17(2,3)22-4)20-10-11-23-12-14-6-8-15(18)9-7-14/h6-9H,5,10-13H2,1-4H3,(H2,19,20,21). The van der Waals surface area contributed by atoms with E-state index >= 15 is 0 Å². The minimum Gasteiger partial charge on any atom is -0.377 e. The molecule has 0 saturated carbocycles. The van der Waals surface area contributed by atoms with E-state index < -0.39 is 0 Å². The molecule has 1 aromatic rings. The summed E-state index contributed by atoms with van der Waals surface area (Å²) in [5, 5.41) is 7.19. The first-order chi connectivity index (χ1) is 11.0. The maximum absolute atomic E-state index is 5.85. The van der Waals surface area contributed by atoms with Crippen molar-refractivity contribution in [3.63, 3.8) is 0 Å². The number of guanidine groups is 1. The number of aliphatic imine (C=N–C) groups is 1. The first-order valence-corrected chi connectivity index (χ1v) is 8.24. The van der Waals surface area contributed by atoms with E-state index in [2.05, 4.69) is 15.6 Å². The number of methoxy groups -OCH3 is 1. The number of hydrogen-bond acceptors (Lipinski definition) is 3. The molecule has 23 heavy (non-hydrogen) atoms. The van der Waals surface area contributed by atoms with Gasteiger partial charge in [-0.15, -0.1) is 0 Å². The number of benzene rings is 1. The molecule has 0 aliphatic rings. The third-order valence-corrected chi connectivity index (χ3v) is 3.49. The zero-order chi connectivity index (χ0) is 17.1. The van der Waals surface area contributed by atoms with E-state index in [1.54, 1.807) is 7.11 Å². The quantitative estimate of drug-likeness (QED) is 0.412. The van der Waals surface area contributed by atoms with Gasteiger partial charge in [0.2, 0.25) is 0 Å². The van der Waals surface area contributed by atoms with Gasteiger partial charge in [-0.25, -0.2) is 0 Å². The van der Waals surface area contributed by atoms with Crippen molar-refractivity contribution < 1.29 is 9.47 Å². The van der Waals surface area contributed by atoms with Gasteiger partial charge in [0.1, 0.15) is 0 Å². The summed E-state index contributed by atoms with van der Waals surface area (Å²) in [5.74, 6) is 0.771. The van der Waals surface area contributed by atoms with Crippen LogP contribution in [0.3, 0.4) is 0 Å². The molecular weight excluding hydrogens is 314 g/mol. The van der Waals surface area contributed by atoms with Crippen LogP contribution >= 0.6 is 11.6 Å². The van der Waals surface area contributed by atoms with E-state index in [0.29, 0.717) is 26.3 Å². The molecule has 5 nitrogen and oxygen atoms in total. The summed E-state index contributed by atoms with van der Waals surface area (Å²) in [4.78, 5) is 4.52. The van der Waals surface area contributed by atoms with E-state index in [1.807, 2.05) is 45.0 Å². The molecule has 0 amide bonds. The van der Waals surface area contributed by atoms with Crippen LogP contribution in [-0.4, -0.2) is 44.9 Å². The molecule has 0 aliphatic heterocycles. The minimum atomic E-state index is -0.270. The van der Waals surface area contributed by atoms with Crippen molar-refractivity contribution in [2.75, 3.05) is 33.4 Å². The lowest BCUT2D eigenvalue weighted by atomic mass is 10.1. The molecular formula is C17H28ClN3O2. The molecule has 0 atom stereocenters. The Hall–Kier alpha value is -1.30. The normalized spacial score (nSPS) is 12.3. The van der Waals surface area contributed by atoms with Crippen LogP contribution in [0.25, 0.3) is 0 Å². The van der Waals surface area contributed by atoms with Gasteiger partial charge < -0.3 is 20.1 Å². The summed E-state index contributed by atoms with van der Waals surface area (Å²) < 4.78 is 11.0. The highest BCUT2D eigenvalue weighted by Crippen LogP contribution is 2.10. The van der Waals surface area contributed by atoms with Gasteiger partial charge in [0.25, 0.3) is 0 Å². The number of nitrogens with one attached hydrogen (secondary N) is 2. The summed E-state index contributed by atoms with van der Waals surface area (Å²) in [7, 11) is 1.69. The number of halogens is 1. The average Bonchev–Trinajstić information content (AvgIpc) is 2.54. The third kappa shape index (κ3) is 8.79. The molecule has 0 heterocycles. The Morgan fingerprint density at radius 3 is 2.52 bits per heavy atom. The Morgan fingerprint density at radius 1 is 1.22 bits per heavy atom. The summed E-state index contributed by atoms with van der Waals surface area (Å²) in [6.45, 7) is 9.31. The van der Waals surface area contributed by atoms with Gasteiger partial charge in [0.05, 0.1) is 25.4 Å². The zero-order valence-electron chi connectivity index (χ0n) is 14.5. The first kappa shape index (κ1) is 19.7. The summed E-state index contributed by atoms with van der Waals surface area (Å²) >= 11 is 5.85. The lowest BCUT2D eigenvalue weighted by molar-refractivity contribution is 0.0310. The predicted octanol–water partition coefficient (Wildman–Crippen LogP) is 2.84. The van der Waals surface area contributed by atoms with Gasteiger partial charge in [-0.3, -0.25) is 4.99 Å². The second-order valence-corrected chi connectivity index (χ2v) is 6.20. The lowest BCUT2D eigenvalue weighted by Gasteiger charge is -2.21. The fraction of sp³-hybridized carbons (Fsp3) is 0.588. The van der Waals surface area contributed by atoms with E-state index in [-0.39, 0.29) is 5.60 Å². The van der Waals surface area contributed by atoms with Crippen molar-refractivity contribution in [2.45, 2.75) is 33.0 Å². The van der Waals surface area contributed by atoms with Crippen LogP contribution in [0.5, 0.6) is 0 Å². The Kier molecular flexibility index (Phi) is 8.99. The van der Waals surface area contributed by atoms with Crippen LogP contribution in [-0.2, 0) is 16.1 Å². The van der Waals surface area contributed by atoms with Crippen LogP contribution in [0.1, 0.15) is 26.3 Å². The predicted molar refractivity (Wildman–Crippen MR) is 96.2 cm³/mol. The van der Waals surface area contributed by atoms with E-state index in [1.165, 1.54) is 0 Å². The van der Waals surface area contributed by atoms with Gasteiger partial charge in [0.15, 0.2) is 5.96 Å². The molecule has 0 fully saturated rings. The molecule has 1 aromatic carbocycles. The molecule has 0 radical (unpaired) electrons. The molecule has 0 saturated heterocycles. The Morgan fingerprint density at radius 2 is 1.91 bits per heavy atom. The average molecular weight is 342 g/mol. The molecule has 0 aliphatic carbocycles. The topological polar surface area (TPSA) is 54.9 Å². The van der Waals surface area contributed by atoms with E-state index in [9.17, 15) is 0 Å². The molecule has 130 valence electrons. The van der Waals surface area contributed by atoms with Crippen LogP contribution in [0, 0.1) is 0 Å². The number of ether oxygens (including phenoxy) is 2. The molecule has 0 spiro atoms. The largest absolute Gasteiger partial charge is 0.377 e. The monoisotopic (exact) mass is 341 g/mol. The molecule has 0 aromatic heterocycles. The first-order valence-electron chi connectivity index (χ1n) is 7.86. The Bertz CT molecular complexity index is 475. The van der Waals surface area contributed by atoms with Gasteiger partial charge in [-0.05, 0) is 38.5 Å². The Balaban J connectivity index is 2.29. The second kappa shape index (κ2) is 10.5. The van der Waals surface area contributed by atoms with Gasteiger partial charge in [-0.2, -0.15) is 0 Å². The second-order valence-electron chi connectivity index (χ2n) is 5.76. The zero-order valence-corrected chi connectivity index (χ0v) is 15.2. The van der Waals surface area contributed by atoms with Crippen molar-refractivity contribution in [2.24, 2.45) is 4.99 Å². The molecule has 2 N–H and O–H groups in total. The number of hydrogen-bond donors (Lipinski definition) is 2. The maximum atomic E-state index is 5.85. The lowest BCUT2D eigenvalue weighted by Crippen LogP contribution is -2.40. The molecule has 0 bridgehead atoms. The van der Waals surface area contributed by atoms with Crippen molar-refractivity contribution in [3.05, 3.63) is 34.9 Å². The number of rotatable bonds is 9. The molecule has 0 unspecified atom stereocenters. The Labute approximate surface area is 144 Å². The van der Waals surface area contributed by atoms with Gasteiger partial charge in [0, 0.05) is 25.2 Å². The maximum Gasteiger partial charge on any atom is 0.191 e. The van der Waals surface area contributed by atoms with Crippen molar-refractivity contribution in [1.82, 2.24) is 10.6 Å². The van der Waals surface area contributed by atoms with Gasteiger partial charge in [-0.1, -0.05) is 23.7 Å². The van der Waals surface area contributed by atoms with Crippen LogP contribution in [0.2, 0.25) is 5.02 Å². The highest BCUT2D eigenvalue weighted by atomic mass is 35.5. The molecule has 6 heteroatoms. The van der Waals surface area contributed by atoms with E-state index in [4.69, 9.17) is 21.1 Å². The fourth-order valence-corrected chi connectivity index (χ4v) is 1.81. The fourth-order valence-electron chi connectivity index (χ4n) is 1.69. The van der Waals surface area contributed by atoms with Crippen LogP contribution in [0.4, 0.5) is 0 Å². The highest BCUT2D eigenvalue weighted by Gasteiger charge is 2.15. The van der Waals surface area contributed by atoms with Crippen molar-refractivity contribution in [1.29, 1.82) is 0 Å². The third-order valence-electron chi connectivity index (χ3n) is 3.24. The van der Waals surface area contributed by atoms with E-state index in [0.717, 1.165) is 23.1 Å². The minimum absolute atomic E-state index is 0.270. The van der Waals surface area contributed by atoms with Crippen molar-refractivity contribution >= 4 is 17.6 Å².